The number of primary sulfonamides is 1. The lowest BCUT2D eigenvalue weighted by atomic mass is 9.92. The molecule has 0 atom stereocenters. The highest BCUT2D eigenvalue weighted by Crippen LogP contribution is 2.50. The predicted octanol–water partition coefficient (Wildman–Crippen LogP) is 7.10. The van der Waals surface area contributed by atoms with Gasteiger partial charge in [-0.25, -0.2) is 13.6 Å². The lowest BCUT2D eigenvalue weighted by Gasteiger charge is -2.26. The Balaban J connectivity index is 1.99. The van der Waals surface area contributed by atoms with Crippen LogP contribution in [0.15, 0.2) is 53.4 Å². The summed E-state index contributed by atoms with van der Waals surface area (Å²) in [5.74, 6) is 1.08. The SMILES string of the molecule is NS(=O)(=O)c1ccc(C2=C(c3c(Cl)c(Cl)c(Cl)c(Cl)c3Cl)Cc3ccccc3O2)cc1. The van der Waals surface area contributed by atoms with Crippen LogP contribution in [0.4, 0.5) is 0 Å². The molecular formula is C21H12Cl5NO3S. The van der Waals surface area contributed by atoms with E-state index in [4.69, 9.17) is 67.9 Å². The number of hydrogen-bond donors (Lipinski definition) is 1. The number of benzene rings is 3. The lowest BCUT2D eigenvalue weighted by Crippen LogP contribution is -2.13. The van der Waals surface area contributed by atoms with Crippen molar-refractivity contribution in [1.29, 1.82) is 0 Å². The van der Waals surface area contributed by atoms with Crippen molar-refractivity contribution in [2.75, 3.05) is 0 Å². The summed E-state index contributed by atoms with van der Waals surface area (Å²) in [5.41, 5.74) is 2.50. The minimum atomic E-state index is -3.84. The summed E-state index contributed by atoms with van der Waals surface area (Å²) < 4.78 is 29.4. The van der Waals surface area contributed by atoms with Gasteiger partial charge >= 0.3 is 0 Å². The number of allylic oxidation sites excluding steroid dienone is 1. The van der Waals surface area contributed by atoms with Crippen LogP contribution in [0.1, 0.15) is 16.7 Å². The first kappa shape index (κ1) is 22.7. The molecular weight excluding hydrogens is 524 g/mol. The number of sulfonamides is 1. The molecule has 4 rings (SSSR count). The Morgan fingerprint density at radius 1 is 0.774 bits per heavy atom. The van der Waals surface area contributed by atoms with Crippen LogP contribution < -0.4 is 9.88 Å². The minimum absolute atomic E-state index is 0.0248. The molecule has 1 aliphatic rings. The number of fused-ring (bicyclic) bond motifs is 1. The minimum Gasteiger partial charge on any atom is -0.456 e. The number of hydrogen-bond acceptors (Lipinski definition) is 3. The van der Waals surface area contributed by atoms with E-state index in [-0.39, 0.29) is 30.0 Å². The van der Waals surface area contributed by atoms with Crippen LogP contribution in [0.2, 0.25) is 25.1 Å². The molecule has 0 saturated carbocycles. The zero-order valence-corrected chi connectivity index (χ0v) is 20.0. The molecule has 3 aromatic rings. The maximum atomic E-state index is 11.6. The molecule has 0 radical (unpaired) electrons. The first-order chi connectivity index (χ1) is 14.6. The maximum Gasteiger partial charge on any atom is 0.238 e. The van der Waals surface area contributed by atoms with Gasteiger partial charge in [-0.15, -0.1) is 0 Å². The molecule has 0 fully saturated rings. The quantitative estimate of drug-likeness (QED) is 0.287. The normalized spacial score (nSPS) is 13.7. The number of nitrogens with two attached hydrogens (primary N) is 1. The van der Waals surface area contributed by atoms with Crippen molar-refractivity contribution in [2.45, 2.75) is 11.3 Å². The Morgan fingerprint density at radius 2 is 1.32 bits per heavy atom. The highest BCUT2D eigenvalue weighted by molar-refractivity contribution is 7.89. The number of halogens is 5. The van der Waals surface area contributed by atoms with Crippen molar-refractivity contribution in [3.63, 3.8) is 0 Å². The molecule has 0 aromatic heterocycles. The Morgan fingerprint density at radius 3 is 1.90 bits per heavy atom. The van der Waals surface area contributed by atoms with Gasteiger partial charge in [-0.2, -0.15) is 0 Å². The van der Waals surface area contributed by atoms with E-state index < -0.39 is 10.0 Å². The standard InChI is InChI=1S/C21H12Cl5NO3S/c22-16-15(17(23)19(25)20(26)18(16)24)13-9-11-3-1-2-4-14(11)30-21(13)10-5-7-12(8-6-10)31(27,28)29/h1-8H,9H2,(H2,27,28,29). The summed E-state index contributed by atoms with van der Waals surface area (Å²) >= 11 is 31.8. The van der Waals surface area contributed by atoms with Crippen molar-refractivity contribution >= 4 is 79.4 Å². The van der Waals surface area contributed by atoms with Gasteiger partial charge in [0.25, 0.3) is 0 Å². The van der Waals surface area contributed by atoms with Gasteiger partial charge in [0.2, 0.25) is 10.0 Å². The number of ether oxygens (including phenoxy) is 1. The summed E-state index contributed by atoms with van der Waals surface area (Å²) in [6.07, 6.45) is 0.413. The van der Waals surface area contributed by atoms with Crippen LogP contribution in [0.25, 0.3) is 11.3 Å². The molecule has 1 aliphatic heterocycles. The predicted molar refractivity (Wildman–Crippen MR) is 127 cm³/mol. The monoisotopic (exact) mass is 533 g/mol. The van der Waals surface area contributed by atoms with E-state index in [1.165, 1.54) is 12.1 Å². The fourth-order valence-corrected chi connectivity index (χ4v) is 5.17. The van der Waals surface area contributed by atoms with Gasteiger partial charge in [0.1, 0.15) is 11.5 Å². The zero-order valence-electron chi connectivity index (χ0n) is 15.4. The van der Waals surface area contributed by atoms with Crippen molar-refractivity contribution in [3.8, 4) is 5.75 Å². The molecule has 1 heterocycles. The molecule has 0 bridgehead atoms. The van der Waals surface area contributed by atoms with Gasteiger partial charge in [0, 0.05) is 23.1 Å². The summed E-state index contributed by atoms with van der Waals surface area (Å²) in [7, 11) is -3.84. The maximum absolute atomic E-state index is 11.6. The third-order valence-corrected chi connectivity index (χ3v) is 7.99. The fraction of sp³-hybridized carbons (Fsp3) is 0.0476. The first-order valence-electron chi connectivity index (χ1n) is 8.73. The fourth-order valence-electron chi connectivity index (χ4n) is 3.29. The third kappa shape index (κ3) is 4.16. The average molecular weight is 536 g/mol. The van der Waals surface area contributed by atoms with E-state index in [0.717, 1.165) is 5.56 Å². The van der Waals surface area contributed by atoms with Crippen LogP contribution in [-0.2, 0) is 16.4 Å². The highest BCUT2D eigenvalue weighted by Gasteiger charge is 2.29. The molecule has 31 heavy (non-hydrogen) atoms. The summed E-state index contributed by atoms with van der Waals surface area (Å²) in [5, 5.41) is 5.68. The van der Waals surface area contributed by atoms with Crippen LogP contribution in [0, 0.1) is 0 Å². The summed E-state index contributed by atoms with van der Waals surface area (Å²) in [4.78, 5) is -0.0248. The molecule has 0 amide bonds. The molecule has 2 N–H and O–H groups in total. The van der Waals surface area contributed by atoms with E-state index in [0.29, 0.717) is 34.6 Å². The first-order valence-corrected chi connectivity index (χ1v) is 12.2. The van der Waals surface area contributed by atoms with Gasteiger partial charge in [0.05, 0.1) is 30.0 Å². The smallest absolute Gasteiger partial charge is 0.238 e. The third-order valence-electron chi connectivity index (χ3n) is 4.78. The number of rotatable bonds is 3. The lowest BCUT2D eigenvalue weighted by molar-refractivity contribution is 0.502. The molecule has 10 heteroatoms. The van der Waals surface area contributed by atoms with Gasteiger partial charge in [-0.3, -0.25) is 0 Å². The van der Waals surface area contributed by atoms with Crippen LogP contribution in [0.5, 0.6) is 5.75 Å². The largest absolute Gasteiger partial charge is 0.456 e. The molecule has 0 unspecified atom stereocenters. The number of para-hydroxylation sites is 1. The molecule has 0 saturated heterocycles. The van der Waals surface area contributed by atoms with Crippen molar-refractivity contribution in [3.05, 3.63) is 90.3 Å². The van der Waals surface area contributed by atoms with Crippen LogP contribution >= 0.6 is 58.0 Å². The Labute approximate surface area is 204 Å². The van der Waals surface area contributed by atoms with E-state index in [2.05, 4.69) is 0 Å². The van der Waals surface area contributed by atoms with Crippen LogP contribution in [0.3, 0.4) is 0 Å². The molecule has 160 valence electrons. The molecule has 3 aromatic carbocycles. The van der Waals surface area contributed by atoms with Crippen molar-refractivity contribution in [1.82, 2.24) is 0 Å². The topological polar surface area (TPSA) is 69.4 Å². The molecule has 4 nitrogen and oxygen atoms in total. The van der Waals surface area contributed by atoms with E-state index in [1.54, 1.807) is 12.1 Å². The summed E-state index contributed by atoms with van der Waals surface area (Å²) in [6.45, 7) is 0. The molecule has 0 spiro atoms. The Bertz CT molecular complexity index is 1320. The second-order valence-electron chi connectivity index (χ2n) is 6.71. The zero-order chi connectivity index (χ0) is 22.5. The van der Waals surface area contributed by atoms with Gasteiger partial charge in [-0.1, -0.05) is 76.2 Å². The van der Waals surface area contributed by atoms with Crippen molar-refractivity contribution < 1.29 is 13.2 Å². The van der Waals surface area contributed by atoms with E-state index >= 15 is 0 Å². The van der Waals surface area contributed by atoms with Gasteiger partial charge in [-0.05, 0) is 35.9 Å². The van der Waals surface area contributed by atoms with Gasteiger partial charge < -0.3 is 4.74 Å². The van der Waals surface area contributed by atoms with Gasteiger partial charge in [0.15, 0.2) is 0 Å². The second kappa shape index (κ2) is 8.49. The van der Waals surface area contributed by atoms with Crippen molar-refractivity contribution in [2.24, 2.45) is 5.14 Å². The summed E-state index contributed by atoms with van der Waals surface area (Å²) in [6, 6.07) is 13.4. The second-order valence-corrected chi connectivity index (χ2v) is 10.2. The Hall–Kier alpha value is -1.44. The average Bonchev–Trinajstić information content (AvgIpc) is 2.75. The van der Waals surface area contributed by atoms with E-state index in [1.807, 2.05) is 24.3 Å². The highest BCUT2D eigenvalue weighted by atomic mass is 35.5. The molecule has 0 aliphatic carbocycles. The van der Waals surface area contributed by atoms with E-state index in [9.17, 15) is 8.42 Å². The van der Waals surface area contributed by atoms with Crippen LogP contribution in [-0.4, -0.2) is 8.42 Å². The Kier molecular flexibility index (Phi) is 6.23.